The van der Waals surface area contributed by atoms with E-state index in [-0.39, 0.29) is 30.7 Å². The summed E-state index contributed by atoms with van der Waals surface area (Å²) in [6.45, 7) is 4.13. The Bertz CT molecular complexity index is 816. The van der Waals surface area contributed by atoms with Crippen molar-refractivity contribution in [1.82, 2.24) is 15.5 Å². The molecule has 3 amide bonds. The zero-order valence-electron chi connectivity index (χ0n) is 19.4. The van der Waals surface area contributed by atoms with Gasteiger partial charge in [0.05, 0.1) is 19.6 Å². The molecule has 1 aromatic carbocycles. The van der Waals surface area contributed by atoms with Crippen molar-refractivity contribution >= 4 is 29.4 Å². The third kappa shape index (κ3) is 9.19. The Morgan fingerprint density at radius 1 is 1.21 bits per heavy atom. The Hall–Kier alpha value is -2.98. The van der Waals surface area contributed by atoms with Crippen molar-refractivity contribution in [2.75, 3.05) is 51.8 Å². The molecule has 0 aromatic heterocycles. The monoisotopic (exact) mass is 462 g/mol. The van der Waals surface area contributed by atoms with E-state index in [1.54, 1.807) is 36.3 Å². The van der Waals surface area contributed by atoms with Crippen molar-refractivity contribution in [3.05, 3.63) is 29.8 Å². The van der Waals surface area contributed by atoms with Crippen LogP contribution in [0.25, 0.3) is 0 Å². The number of anilines is 1. The maximum absolute atomic E-state index is 12.6. The number of amides is 3. The Morgan fingerprint density at radius 2 is 2.03 bits per heavy atom. The first-order valence-corrected chi connectivity index (χ1v) is 11.3. The van der Waals surface area contributed by atoms with Gasteiger partial charge in [-0.15, -0.1) is 0 Å². The third-order valence-corrected chi connectivity index (χ3v) is 5.13. The molecule has 10 heteroatoms. The van der Waals surface area contributed by atoms with Crippen molar-refractivity contribution in [1.29, 1.82) is 0 Å². The first kappa shape index (κ1) is 26.3. The van der Waals surface area contributed by atoms with Gasteiger partial charge in [-0.2, -0.15) is 0 Å². The standard InChI is InChI=1S/C23H34N4O6/c1-3-4-13-33-21(29)15-19-23(31)25-10-11-27(19)16-20(28)26-18-8-5-7-17(14-18)22(30)24-9-6-12-32-2/h5,7-8,14,19H,3-4,6,9-13,15-16H2,1-2H3,(H,24,30)(H,25,31)(H,26,28). The summed E-state index contributed by atoms with van der Waals surface area (Å²) in [6.07, 6.45) is 2.26. The Morgan fingerprint density at radius 3 is 2.79 bits per heavy atom. The molecule has 182 valence electrons. The van der Waals surface area contributed by atoms with Crippen LogP contribution < -0.4 is 16.0 Å². The van der Waals surface area contributed by atoms with Gasteiger partial charge in [0.1, 0.15) is 6.04 Å². The number of benzene rings is 1. The van der Waals surface area contributed by atoms with E-state index in [1.807, 2.05) is 6.92 Å². The van der Waals surface area contributed by atoms with Gasteiger partial charge in [0, 0.05) is 44.6 Å². The second-order valence-electron chi connectivity index (χ2n) is 7.79. The molecule has 0 spiro atoms. The van der Waals surface area contributed by atoms with Crippen LogP contribution in [0.15, 0.2) is 24.3 Å². The molecule has 0 aliphatic carbocycles. The first-order chi connectivity index (χ1) is 15.9. The molecule has 1 heterocycles. The number of methoxy groups -OCH3 is 1. The summed E-state index contributed by atoms with van der Waals surface area (Å²) in [5.41, 5.74) is 0.900. The molecule has 0 saturated carbocycles. The molecular formula is C23H34N4O6. The number of carbonyl (C=O) groups is 4. The minimum Gasteiger partial charge on any atom is -0.466 e. The van der Waals surface area contributed by atoms with Gasteiger partial charge in [-0.05, 0) is 31.0 Å². The maximum atomic E-state index is 12.6. The predicted octanol–water partition coefficient (Wildman–Crippen LogP) is 0.925. The number of piperazine rings is 1. The minimum atomic E-state index is -0.761. The highest BCUT2D eigenvalue weighted by atomic mass is 16.5. The van der Waals surface area contributed by atoms with Gasteiger partial charge in [-0.25, -0.2) is 0 Å². The summed E-state index contributed by atoms with van der Waals surface area (Å²) >= 11 is 0. The average molecular weight is 463 g/mol. The molecule has 1 unspecified atom stereocenters. The average Bonchev–Trinajstić information content (AvgIpc) is 2.79. The molecule has 3 N–H and O–H groups in total. The van der Waals surface area contributed by atoms with Crippen LogP contribution in [0.1, 0.15) is 43.0 Å². The molecule has 1 aliphatic heterocycles. The van der Waals surface area contributed by atoms with Crippen LogP contribution in [-0.4, -0.2) is 81.1 Å². The van der Waals surface area contributed by atoms with Crippen LogP contribution >= 0.6 is 0 Å². The van der Waals surface area contributed by atoms with Gasteiger partial charge in [0.2, 0.25) is 11.8 Å². The smallest absolute Gasteiger partial charge is 0.307 e. The highest BCUT2D eigenvalue weighted by molar-refractivity contribution is 5.98. The molecule has 1 atom stereocenters. The van der Waals surface area contributed by atoms with Crippen LogP contribution in [0.2, 0.25) is 0 Å². The summed E-state index contributed by atoms with van der Waals surface area (Å²) in [4.78, 5) is 51.0. The number of carbonyl (C=O) groups excluding carboxylic acids is 4. The number of unbranched alkanes of at least 4 members (excludes halogenated alkanes) is 1. The van der Waals surface area contributed by atoms with Crippen LogP contribution in [-0.2, 0) is 23.9 Å². The third-order valence-electron chi connectivity index (χ3n) is 5.13. The summed E-state index contributed by atoms with van der Waals surface area (Å²) < 4.78 is 10.1. The lowest BCUT2D eigenvalue weighted by molar-refractivity contribution is -0.149. The predicted molar refractivity (Wildman–Crippen MR) is 123 cm³/mol. The van der Waals surface area contributed by atoms with Gasteiger partial charge in [-0.3, -0.25) is 24.1 Å². The molecule has 1 saturated heterocycles. The van der Waals surface area contributed by atoms with Crippen LogP contribution in [0.4, 0.5) is 5.69 Å². The number of nitrogens with one attached hydrogen (secondary N) is 3. The molecule has 10 nitrogen and oxygen atoms in total. The van der Waals surface area contributed by atoms with Gasteiger partial charge >= 0.3 is 5.97 Å². The summed E-state index contributed by atoms with van der Waals surface area (Å²) in [5, 5.41) is 8.29. The SMILES string of the molecule is CCCCOC(=O)CC1C(=O)NCCN1CC(=O)Nc1cccc(C(=O)NCCCOC)c1. The van der Waals surface area contributed by atoms with Crippen molar-refractivity contribution < 1.29 is 28.7 Å². The second-order valence-corrected chi connectivity index (χ2v) is 7.79. The van der Waals surface area contributed by atoms with Gasteiger partial charge < -0.3 is 25.4 Å². The summed E-state index contributed by atoms with van der Waals surface area (Å²) in [6, 6.07) is 5.86. The highest BCUT2D eigenvalue weighted by Gasteiger charge is 2.33. The number of rotatable bonds is 13. The molecular weight excluding hydrogens is 428 g/mol. The fourth-order valence-corrected chi connectivity index (χ4v) is 3.36. The summed E-state index contributed by atoms with van der Waals surface area (Å²) in [7, 11) is 1.60. The van der Waals surface area contributed by atoms with Crippen molar-refractivity contribution in [2.45, 2.75) is 38.6 Å². The lowest BCUT2D eigenvalue weighted by atomic mass is 10.1. The van der Waals surface area contributed by atoms with Crippen molar-refractivity contribution in [3.63, 3.8) is 0 Å². The Balaban J connectivity index is 1.91. The maximum Gasteiger partial charge on any atom is 0.307 e. The normalized spacial score (nSPS) is 16.1. The fourth-order valence-electron chi connectivity index (χ4n) is 3.36. The number of esters is 1. The van der Waals surface area contributed by atoms with Gasteiger partial charge in [0.25, 0.3) is 5.91 Å². The molecule has 1 fully saturated rings. The molecule has 33 heavy (non-hydrogen) atoms. The molecule has 0 radical (unpaired) electrons. The Kier molecular flexibility index (Phi) is 11.3. The fraction of sp³-hybridized carbons (Fsp3) is 0.565. The van der Waals surface area contributed by atoms with Crippen LogP contribution in [0, 0.1) is 0 Å². The van der Waals surface area contributed by atoms with E-state index in [9.17, 15) is 19.2 Å². The topological polar surface area (TPSA) is 126 Å². The van der Waals surface area contributed by atoms with Crippen molar-refractivity contribution in [2.24, 2.45) is 0 Å². The quantitative estimate of drug-likeness (QED) is 0.294. The Labute approximate surface area is 194 Å². The zero-order chi connectivity index (χ0) is 24.1. The molecule has 1 aromatic rings. The highest BCUT2D eigenvalue weighted by Crippen LogP contribution is 2.13. The van der Waals surface area contributed by atoms with E-state index in [1.165, 1.54) is 0 Å². The van der Waals surface area contributed by atoms with Gasteiger partial charge in [0.15, 0.2) is 0 Å². The number of nitrogens with zero attached hydrogens (tertiary/aromatic N) is 1. The zero-order valence-corrected chi connectivity index (χ0v) is 19.4. The largest absolute Gasteiger partial charge is 0.466 e. The van der Waals surface area contributed by atoms with E-state index in [4.69, 9.17) is 9.47 Å². The second kappa shape index (κ2) is 14.2. The van der Waals surface area contributed by atoms with Gasteiger partial charge in [-0.1, -0.05) is 19.4 Å². The minimum absolute atomic E-state index is 0.0617. The number of hydrogen-bond acceptors (Lipinski definition) is 7. The van der Waals surface area contributed by atoms with Crippen molar-refractivity contribution in [3.8, 4) is 0 Å². The molecule has 2 rings (SSSR count). The van der Waals surface area contributed by atoms with E-state index in [0.717, 1.165) is 12.8 Å². The van der Waals surface area contributed by atoms with E-state index < -0.39 is 12.0 Å². The lowest BCUT2D eigenvalue weighted by Gasteiger charge is -2.33. The van der Waals surface area contributed by atoms with Crippen LogP contribution in [0.5, 0.6) is 0 Å². The van der Waals surface area contributed by atoms with E-state index >= 15 is 0 Å². The molecule has 0 bridgehead atoms. The lowest BCUT2D eigenvalue weighted by Crippen LogP contribution is -2.57. The first-order valence-electron chi connectivity index (χ1n) is 11.3. The van der Waals surface area contributed by atoms with Crippen LogP contribution in [0.3, 0.4) is 0 Å². The summed E-state index contributed by atoms with van der Waals surface area (Å²) in [5.74, 6) is -1.34. The number of hydrogen-bond donors (Lipinski definition) is 3. The van der Waals surface area contributed by atoms with E-state index in [2.05, 4.69) is 16.0 Å². The number of ether oxygens (including phenoxy) is 2. The molecule has 1 aliphatic rings. The van der Waals surface area contributed by atoms with E-state index in [0.29, 0.717) is 50.5 Å².